The summed E-state index contributed by atoms with van der Waals surface area (Å²) >= 11 is 0. The maximum Gasteiger partial charge on any atom is 0.312 e. The lowest BCUT2D eigenvalue weighted by molar-refractivity contribution is -0.138. The Morgan fingerprint density at radius 2 is 2.19 bits per heavy atom. The highest BCUT2D eigenvalue weighted by Crippen LogP contribution is 2.32. The molecule has 0 saturated carbocycles. The molecule has 0 saturated heterocycles. The molecule has 1 N–H and O–H groups in total. The van der Waals surface area contributed by atoms with Crippen LogP contribution in [0.2, 0.25) is 0 Å². The van der Waals surface area contributed by atoms with Gasteiger partial charge in [-0.3, -0.25) is 4.79 Å². The highest BCUT2D eigenvalue weighted by Gasteiger charge is 2.31. The average molecular weight is 220 g/mol. The fraction of sp³-hybridized carbons (Fsp3) is 0.583. The van der Waals surface area contributed by atoms with Gasteiger partial charge in [0.1, 0.15) is 5.82 Å². The second kappa shape index (κ2) is 3.54. The second-order valence-electron chi connectivity index (χ2n) is 5.28. The van der Waals surface area contributed by atoms with Crippen molar-refractivity contribution < 1.29 is 9.90 Å². The number of aromatic nitrogens is 2. The van der Waals surface area contributed by atoms with E-state index in [1.165, 1.54) is 0 Å². The highest BCUT2D eigenvalue weighted by atomic mass is 16.4. The number of hydrogen-bond acceptors (Lipinski definition) is 3. The van der Waals surface area contributed by atoms with Gasteiger partial charge in [-0.25, -0.2) is 9.97 Å². The standard InChI is InChI=1S/C12H16N2O2/c1-12(2,3)11-13-6-7-4-5-8(10(15)16)9(7)14-11/h6,8H,4-5H2,1-3H3,(H,15,16). The molecular weight excluding hydrogens is 204 g/mol. The number of nitrogens with zero attached hydrogens (tertiary/aromatic N) is 2. The Morgan fingerprint density at radius 1 is 1.50 bits per heavy atom. The summed E-state index contributed by atoms with van der Waals surface area (Å²) in [5.74, 6) is -0.504. The average Bonchev–Trinajstić information content (AvgIpc) is 2.58. The number of carboxylic acid groups (broad SMARTS) is 1. The largest absolute Gasteiger partial charge is 0.481 e. The molecule has 1 aromatic rings. The van der Waals surface area contributed by atoms with Gasteiger partial charge in [0.15, 0.2) is 0 Å². The van der Waals surface area contributed by atoms with Crippen molar-refractivity contribution in [1.29, 1.82) is 0 Å². The fourth-order valence-electron chi connectivity index (χ4n) is 1.95. The molecule has 0 amide bonds. The van der Waals surface area contributed by atoms with Crippen LogP contribution >= 0.6 is 0 Å². The Kier molecular flexibility index (Phi) is 2.45. The molecule has 16 heavy (non-hydrogen) atoms. The van der Waals surface area contributed by atoms with Crippen LogP contribution in [0, 0.1) is 0 Å². The first-order chi connectivity index (χ1) is 7.39. The maximum absolute atomic E-state index is 11.1. The summed E-state index contributed by atoms with van der Waals surface area (Å²) in [6, 6.07) is 0. The van der Waals surface area contributed by atoms with Crippen LogP contribution in [-0.4, -0.2) is 21.0 Å². The quantitative estimate of drug-likeness (QED) is 0.785. The zero-order valence-electron chi connectivity index (χ0n) is 9.82. The van der Waals surface area contributed by atoms with Crippen molar-refractivity contribution in [2.45, 2.75) is 44.9 Å². The van der Waals surface area contributed by atoms with Crippen molar-refractivity contribution >= 4 is 5.97 Å². The van der Waals surface area contributed by atoms with E-state index in [2.05, 4.69) is 9.97 Å². The minimum Gasteiger partial charge on any atom is -0.481 e. The minimum absolute atomic E-state index is 0.138. The summed E-state index contributed by atoms with van der Waals surface area (Å²) in [6.07, 6.45) is 3.20. The van der Waals surface area contributed by atoms with Gasteiger partial charge in [-0.05, 0) is 18.4 Å². The predicted molar refractivity (Wildman–Crippen MR) is 59.4 cm³/mol. The van der Waals surface area contributed by atoms with Crippen LogP contribution in [-0.2, 0) is 16.6 Å². The van der Waals surface area contributed by atoms with Gasteiger partial charge in [0.25, 0.3) is 0 Å². The van der Waals surface area contributed by atoms with Crippen LogP contribution in [0.5, 0.6) is 0 Å². The van der Waals surface area contributed by atoms with Crippen molar-refractivity contribution in [1.82, 2.24) is 9.97 Å². The molecule has 0 bridgehead atoms. The van der Waals surface area contributed by atoms with Crippen LogP contribution in [0.15, 0.2) is 6.20 Å². The van der Waals surface area contributed by atoms with Crippen molar-refractivity contribution in [3.05, 3.63) is 23.3 Å². The van der Waals surface area contributed by atoms with E-state index in [1.807, 2.05) is 20.8 Å². The van der Waals surface area contributed by atoms with Gasteiger partial charge in [0.05, 0.1) is 11.6 Å². The van der Waals surface area contributed by atoms with Gasteiger partial charge in [-0.2, -0.15) is 0 Å². The number of carboxylic acids is 1. The Morgan fingerprint density at radius 3 is 2.75 bits per heavy atom. The van der Waals surface area contributed by atoms with Crippen LogP contribution in [0.3, 0.4) is 0 Å². The molecule has 0 aliphatic heterocycles. The normalized spacial score (nSPS) is 19.6. The third-order valence-corrected chi connectivity index (χ3v) is 2.90. The van der Waals surface area contributed by atoms with Gasteiger partial charge in [0.2, 0.25) is 0 Å². The zero-order valence-corrected chi connectivity index (χ0v) is 9.82. The van der Waals surface area contributed by atoms with E-state index in [4.69, 9.17) is 5.11 Å². The zero-order chi connectivity index (χ0) is 11.9. The molecular formula is C12H16N2O2. The first-order valence-electron chi connectivity index (χ1n) is 5.48. The SMILES string of the molecule is CC(C)(C)c1ncc2c(n1)C(C(=O)O)CC2. The lowest BCUT2D eigenvalue weighted by atomic mass is 9.95. The number of carbonyl (C=O) groups is 1. The van der Waals surface area contributed by atoms with E-state index in [0.717, 1.165) is 17.8 Å². The third kappa shape index (κ3) is 1.79. The smallest absolute Gasteiger partial charge is 0.312 e. The van der Waals surface area contributed by atoms with E-state index in [1.54, 1.807) is 6.20 Å². The van der Waals surface area contributed by atoms with Crippen molar-refractivity contribution in [2.75, 3.05) is 0 Å². The van der Waals surface area contributed by atoms with Crippen LogP contribution < -0.4 is 0 Å². The van der Waals surface area contributed by atoms with E-state index < -0.39 is 11.9 Å². The molecule has 0 spiro atoms. The minimum atomic E-state index is -0.780. The van der Waals surface area contributed by atoms with Crippen molar-refractivity contribution in [3.63, 3.8) is 0 Å². The molecule has 1 aromatic heterocycles. The molecule has 86 valence electrons. The van der Waals surface area contributed by atoms with E-state index in [-0.39, 0.29) is 5.41 Å². The van der Waals surface area contributed by atoms with E-state index in [9.17, 15) is 4.79 Å². The maximum atomic E-state index is 11.1. The summed E-state index contributed by atoms with van der Waals surface area (Å²) in [6.45, 7) is 6.08. The molecule has 1 heterocycles. The van der Waals surface area contributed by atoms with Gasteiger partial charge in [0, 0.05) is 11.6 Å². The number of rotatable bonds is 1. The van der Waals surface area contributed by atoms with Gasteiger partial charge in [-0.1, -0.05) is 20.8 Å². The first kappa shape index (κ1) is 11.0. The molecule has 4 heteroatoms. The second-order valence-corrected chi connectivity index (χ2v) is 5.28. The van der Waals surface area contributed by atoms with Gasteiger partial charge in [-0.15, -0.1) is 0 Å². The number of aryl methyl sites for hydroxylation is 1. The van der Waals surface area contributed by atoms with Crippen LogP contribution in [0.4, 0.5) is 0 Å². The van der Waals surface area contributed by atoms with Gasteiger partial charge < -0.3 is 5.11 Å². The highest BCUT2D eigenvalue weighted by molar-refractivity contribution is 5.76. The molecule has 1 aliphatic rings. The monoisotopic (exact) mass is 220 g/mol. The van der Waals surface area contributed by atoms with Crippen molar-refractivity contribution in [2.24, 2.45) is 0 Å². The predicted octanol–water partition coefficient (Wildman–Crippen LogP) is 1.89. The lowest BCUT2D eigenvalue weighted by Crippen LogP contribution is -2.18. The van der Waals surface area contributed by atoms with Gasteiger partial charge >= 0.3 is 5.97 Å². The van der Waals surface area contributed by atoms with E-state index in [0.29, 0.717) is 12.1 Å². The lowest BCUT2D eigenvalue weighted by Gasteiger charge is -2.17. The summed E-state index contributed by atoms with van der Waals surface area (Å²) in [4.78, 5) is 19.8. The summed E-state index contributed by atoms with van der Waals surface area (Å²) in [7, 11) is 0. The summed E-state index contributed by atoms with van der Waals surface area (Å²) in [5.41, 5.74) is 1.56. The fourth-order valence-corrected chi connectivity index (χ4v) is 1.95. The third-order valence-electron chi connectivity index (χ3n) is 2.90. The number of aliphatic carboxylic acids is 1. The molecule has 1 atom stereocenters. The Labute approximate surface area is 94.7 Å². The Balaban J connectivity index is 2.45. The molecule has 4 nitrogen and oxygen atoms in total. The van der Waals surface area contributed by atoms with Crippen LogP contribution in [0.1, 0.15) is 50.2 Å². The Bertz CT molecular complexity index is 435. The molecule has 0 aromatic carbocycles. The first-order valence-corrected chi connectivity index (χ1v) is 5.48. The number of fused-ring (bicyclic) bond motifs is 1. The number of hydrogen-bond donors (Lipinski definition) is 1. The molecule has 2 rings (SSSR count). The Hall–Kier alpha value is -1.45. The summed E-state index contributed by atoms with van der Waals surface area (Å²) < 4.78 is 0. The molecule has 0 fully saturated rings. The van der Waals surface area contributed by atoms with Crippen molar-refractivity contribution in [3.8, 4) is 0 Å². The van der Waals surface area contributed by atoms with E-state index >= 15 is 0 Å². The van der Waals surface area contributed by atoms with Crippen LogP contribution in [0.25, 0.3) is 0 Å². The molecule has 0 radical (unpaired) electrons. The summed E-state index contributed by atoms with van der Waals surface area (Å²) in [5, 5.41) is 9.09. The molecule has 1 unspecified atom stereocenters. The topological polar surface area (TPSA) is 63.1 Å². The molecule has 1 aliphatic carbocycles.